The quantitative estimate of drug-likeness (QED) is 0.861. The van der Waals surface area contributed by atoms with Crippen LogP contribution in [-0.4, -0.2) is 5.11 Å². The summed E-state index contributed by atoms with van der Waals surface area (Å²) in [6.45, 7) is 4.10. The third kappa shape index (κ3) is 2.55. The van der Waals surface area contributed by atoms with E-state index >= 15 is 0 Å². The van der Waals surface area contributed by atoms with Crippen LogP contribution in [-0.2, 0) is 6.42 Å². The van der Waals surface area contributed by atoms with E-state index in [1.54, 1.807) is 0 Å². The van der Waals surface area contributed by atoms with Crippen LogP contribution in [0.1, 0.15) is 37.5 Å². The number of halogens is 1. The van der Waals surface area contributed by atoms with Gasteiger partial charge in [-0.3, -0.25) is 0 Å². The molecule has 72 valence electrons. The first-order valence-electron chi connectivity index (χ1n) is 4.65. The molecule has 2 heteroatoms. The van der Waals surface area contributed by atoms with Gasteiger partial charge < -0.3 is 5.11 Å². The minimum Gasteiger partial charge on any atom is -0.388 e. The van der Waals surface area contributed by atoms with Crippen molar-refractivity contribution in [3.63, 3.8) is 0 Å². The first-order chi connectivity index (χ1) is 6.19. The van der Waals surface area contributed by atoms with Crippen molar-refractivity contribution < 1.29 is 5.11 Å². The summed E-state index contributed by atoms with van der Waals surface area (Å²) in [6, 6.07) is 6.15. The molecule has 0 bridgehead atoms. The van der Waals surface area contributed by atoms with Gasteiger partial charge in [-0.1, -0.05) is 41.9 Å². The average molecular weight is 243 g/mol. The number of hydrogen-bond acceptors (Lipinski definition) is 1. The van der Waals surface area contributed by atoms with Crippen LogP contribution in [0, 0.1) is 0 Å². The smallest absolute Gasteiger partial charge is 0.0798 e. The summed E-state index contributed by atoms with van der Waals surface area (Å²) in [7, 11) is 0. The van der Waals surface area contributed by atoms with Crippen LogP contribution in [0.4, 0.5) is 0 Å². The fraction of sp³-hybridized carbons (Fsp3) is 0.455. The molecule has 0 aliphatic carbocycles. The largest absolute Gasteiger partial charge is 0.388 e. The summed E-state index contributed by atoms with van der Waals surface area (Å²) in [6.07, 6.45) is 1.42. The standard InChI is InChI=1S/C11H15BrO/c1-3-8-5-6-10(12)9(7-8)11(13)4-2/h5-7,11,13H,3-4H2,1-2H3. The maximum atomic E-state index is 9.70. The van der Waals surface area contributed by atoms with E-state index in [1.165, 1.54) is 5.56 Å². The molecule has 0 fully saturated rings. The second-order valence-corrected chi connectivity index (χ2v) is 3.99. The number of aliphatic hydroxyl groups is 1. The zero-order valence-electron chi connectivity index (χ0n) is 8.05. The summed E-state index contributed by atoms with van der Waals surface area (Å²) in [4.78, 5) is 0. The average Bonchev–Trinajstić information content (AvgIpc) is 2.17. The van der Waals surface area contributed by atoms with E-state index in [-0.39, 0.29) is 6.10 Å². The zero-order chi connectivity index (χ0) is 9.84. The van der Waals surface area contributed by atoms with Gasteiger partial charge in [0.1, 0.15) is 0 Å². The Balaban J connectivity index is 3.03. The van der Waals surface area contributed by atoms with Crippen molar-refractivity contribution in [3.8, 4) is 0 Å². The van der Waals surface area contributed by atoms with Crippen LogP contribution in [0.15, 0.2) is 22.7 Å². The van der Waals surface area contributed by atoms with Gasteiger partial charge in [0.2, 0.25) is 0 Å². The van der Waals surface area contributed by atoms with E-state index in [9.17, 15) is 5.11 Å². The lowest BCUT2D eigenvalue weighted by molar-refractivity contribution is 0.173. The van der Waals surface area contributed by atoms with Gasteiger partial charge in [-0.05, 0) is 30.0 Å². The van der Waals surface area contributed by atoms with Crippen LogP contribution >= 0.6 is 15.9 Å². The molecule has 1 N–H and O–H groups in total. The molecule has 0 spiro atoms. The number of aryl methyl sites for hydroxylation is 1. The molecule has 0 aliphatic rings. The van der Waals surface area contributed by atoms with Crippen LogP contribution < -0.4 is 0 Å². The van der Waals surface area contributed by atoms with Crippen LogP contribution in [0.3, 0.4) is 0 Å². The van der Waals surface area contributed by atoms with Crippen molar-refractivity contribution >= 4 is 15.9 Å². The van der Waals surface area contributed by atoms with E-state index in [2.05, 4.69) is 35.0 Å². The number of hydrogen-bond donors (Lipinski definition) is 1. The molecule has 1 rings (SSSR count). The molecule has 1 aromatic carbocycles. The molecule has 1 aromatic rings. The van der Waals surface area contributed by atoms with Gasteiger partial charge in [-0.15, -0.1) is 0 Å². The highest BCUT2D eigenvalue weighted by atomic mass is 79.9. The lowest BCUT2D eigenvalue weighted by Gasteiger charge is -2.11. The molecule has 13 heavy (non-hydrogen) atoms. The Morgan fingerprint density at radius 1 is 1.38 bits per heavy atom. The van der Waals surface area contributed by atoms with Crippen molar-refractivity contribution in [1.82, 2.24) is 0 Å². The Bertz CT molecular complexity index is 283. The third-order valence-electron chi connectivity index (χ3n) is 2.21. The van der Waals surface area contributed by atoms with E-state index < -0.39 is 0 Å². The van der Waals surface area contributed by atoms with Crippen molar-refractivity contribution in [1.29, 1.82) is 0 Å². The lowest BCUT2D eigenvalue weighted by Crippen LogP contribution is -1.97. The molecule has 1 atom stereocenters. The van der Waals surface area contributed by atoms with Crippen LogP contribution in [0.2, 0.25) is 0 Å². The predicted octanol–water partition coefficient (Wildman–Crippen LogP) is 3.45. The number of rotatable bonds is 3. The predicted molar refractivity (Wildman–Crippen MR) is 58.8 cm³/mol. The van der Waals surface area contributed by atoms with Crippen LogP contribution in [0.25, 0.3) is 0 Å². The Hall–Kier alpha value is -0.340. The van der Waals surface area contributed by atoms with Crippen molar-refractivity contribution in [3.05, 3.63) is 33.8 Å². The van der Waals surface area contributed by atoms with Gasteiger partial charge in [0.15, 0.2) is 0 Å². The molecule has 1 unspecified atom stereocenters. The molecular weight excluding hydrogens is 228 g/mol. The normalized spacial score (nSPS) is 12.9. The molecule has 1 nitrogen and oxygen atoms in total. The SMILES string of the molecule is CCc1ccc(Br)c(C(O)CC)c1. The molecule has 0 radical (unpaired) electrons. The summed E-state index contributed by atoms with van der Waals surface area (Å²) >= 11 is 3.44. The summed E-state index contributed by atoms with van der Waals surface area (Å²) in [5.41, 5.74) is 2.27. The van der Waals surface area contributed by atoms with Gasteiger partial charge in [0, 0.05) is 4.47 Å². The van der Waals surface area contributed by atoms with E-state index in [0.29, 0.717) is 0 Å². The molecular formula is C11H15BrO. The Morgan fingerprint density at radius 3 is 2.62 bits per heavy atom. The second-order valence-electron chi connectivity index (χ2n) is 3.13. The van der Waals surface area contributed by atoms with Crippen molar-refractivity contribution in [2.45, 2.75) is 32.8 Å². The van der Waals surface area contributed by atoms with Gasteiger partial charge in [0.25, 0.3) is 0 Å². The first kappa shape index (κ1) is 10.7. The monoisotopic (exact) mass is 242 g/mol. The maximum absolute atomic E-state index is 9.70. The molecule has 0 heterocycles. The third-order valence-corrected chi connectivity index (χ3v) is 2.94. The summed E-state index contributed by atoms with van der Waals surface area (Å²) in [5.74, 6) is 0. The van der Waals surface area contributed by atoms with E-state index in [1.807, 2.05) is 13.0 Å². The molecule has 0 aromatic heterocycles. The highest BCUT2D eigenvalue weighted by molar-refractivity contribution is 9.10. The topological polar surface area (TPSA) is 20.2 Å². The highest BCUT2D eigenvalue weighted by Crippen LogP contribution is 2.26. The first-order valence-corrected chi connectivity index (χ1v) is 5.44. The molecule has 0 amide bonds. The van der Waals surface area contributed by atoms with Gasteiger partial charge >= 0.3 is 0 Å². The maximum Gasteiger partial charge on any atom is 0.0798 e. The molecule has 0 saturated heterocycles. The van der Waals surface area contributed by atoms with Gasteiger partial charge in [-0.25, -0.2) is 0 Å². The second kappa shape index (κ2) is 4.77. The zero-order valence-corrected chi connectivity index (χ0v) is 9.63. The van der Waals surface area contributed by atoms with E-state index in [4.69, 9.17) is 0 Å². The Kier molecular flexibility index (Phi) is 3.94. The van der Waals surface area contributed by atoms with Gasteiger partial charge in [0.05, 0.1) is 6.10 Å². The summed E-state index contributed by atoms with van der Waals surface area (Å²) < 4.78 is 0.999. The minimum atomic E-state index is -0.346. The Labute approximate surface area is 87.9 Å². The lowest BCUT2D eigenvalue weighted by atomic mass is 10.0. The molecule has 0 aliphatic heterocycles. The summed E-state index contributed by atoms with van der Waals surface area (Å²) in [5, 5.41) is 9.70. The number of benzene rings is 1. The van der Waals surface area contributed by atoms with Crippen molar-refractivity contribution in [2.75, 3.05) is 0 Å². The highest BCUT2D eigenvalue weighted by Gasteiger charge is 2.08. The minimum absolute atomic E-state index is 0.346. The van der Waals surface area contributed by atoms with Gasteiger partial charge in [-0.2, -0.15) is 0 Å². The fourth-order valence-electron chi connectivity index (χ4n) is 1.29. The van der Waals surface area contributed by atoms with Crippen molar-refractivity contribution in [2.24, 2.45) is 0 Å². The van der Waals surface area contributed by atoms with Crippen LogP contribution in [0.5, 0.6) is 0 Å². The molecule has 0 saturated carbocycles. The Morgan fingerprint density at radius 2 is 2.08 bits per heavy atom. The van der Waals surface area contributed by atoms with E-state index in [0.717, 1.165) is 22.9 Å². The number of aliphatic hydroxyl groups excluding tert-OH is 1. The fourth-order valence-corrected chi connectivity index (χ4v) is 1.80.